The third kappa shape index (κ3) is 4.28. The van der Waals surface area contributed by atoms with Gasteiger partial charge in [0.05, 0.1) is 13.0 Å². The number of nitrogens with zero attached hydrogens (tertiary/aromatic N) is 1. The first-order valence-corrected chi connectivity index (χ1v) is 6.15. The van der Waals surface area contributed by atoms with Crippen LogP contribution in [0.1, 0.15) is 18.9 Å². The van der Waals surface area contributed by atoms with E-state index < -0.39 is 5.92 Å². The van der Waals surface area contributed by atoms with Crippen molar-refractivity contribution in [1.29, 1.82) is 0 Å². The summed E-state index contributed by atoms with van der Waals surface area (Å²) in [6, 6.07) is 6.66. The molecule has 0 aliphatic carbocycles. The van der Waals surface area contributed by atoms with Crippen LogP contribution in [0, 0.1) is 11.8 Å². The number of hydrogen-bond acceptors (Lipinski definition) is 5. The van der Waals surface area contributed by atoms with E-state index in [1.807, 2.05) is 6.92 Å². The summed E-state index contributed by atoms with van der Waals surface area (Å²) in [6.07, 6.45) is 2.50. The molecule has 0 aromatic heterocycles. The van der Waals surface area contributed by atoms with Crippen LogP contribution in [0.2, 0.25) is 0 Å². The Kier molecular flexibility index (Phi) is 5.85. The molecule has 2 unspecified atom stereocenters. The van der Waals surface area contributed by atoms with Gasteiger partial charge in [-0.05, 0) is 30.5 Å². The molecule has 0 amide bonds. The van der Waals surface area contributed by atoms with Crippen molar-refractivity contribution in [3.63, 3.8) is 0 Å². The van der Waals surface area contributed by atoms with E-state index in [4.69, 9.17) is 9.94 Å². The number of hydrogen-bond donors (Lipinski definition) is 2. The highest BCUT2D eigenvalue weighted by atomic mass is 16.5. The number of benzene rings is 1. The van der Waals surface area contributed by atoms with E-state index in [9.17, 15) is 9.90 Å². The molecule has 0 saturated heterocycles. The number of carbonyl (C=O) groups is 1. The quantitative estimate of drug-likeness (QED) is 0.358. The van der Waals surface area contributed by atoms with Gasteiger partial charge in [0.25, 0.3) is 0 Å². The summed E-state index contributed by atoms with van der Waals surface area (Å²) in [6.45, 7) is 1.92. The summed E-state index contributed by atoms with van der Waals surface area (Å²) in [4.78, 5) is 11.8. The predicted molar refractivity (Wildman–Crippen MR) is 71.4 cm³/mol. The number of ether oxygens (including phenoxy) is 1. The van der Waals surface area contributed by atoms with E-state index in [2.05, 4.69) is 5.16 Å². The Labute approximate surface area is 112 Å². The third-order valence-electron chi connectivity index (χ3n) is 3.14. The first-order valence-electron chi connectivity index (χ1n) is 6.15. The lowest BCUT2D eigenvalue weighted by atomic mass is 9.86. The first-order chi connectivity index (χ1) is 9.12. The number of methoxy groups -OCH3 is 1. The normalized spacial score (nSPS) is 14.2. The second-order valence-corrected chi connectivity index (χ2v) is 4.34. The average Bonchev–Trinajstić information content (AvgIpc) is 2.43. The molecular formula is C14H19NO4. The number of aromatic hydroxyl groups is 1. The molecule has 0 bridgehead atoms. The van der Waals surface area contributed by atoms with Crippen LogP contribution in [0.5, 0.6) is 5.75 Å². The Morgan fingerprint density at radius 2 is 2.05 bits per heavy atom. The summed E-state index contributed by atoms with van der Waals surface area (Å²) in [5.74, 6) is -0.746. The fourth-order valence-corrected chi connectivity index (χ4v) is 2.03. The molecule has 0 heterocycles. The molecule has 1 rings (SSSR count). The van der Waals surface area contributed by atoms with Gasteiger partial charge in [0.1, 0.15) is 5.75 Å². The van der Waals surface area contributed by atoms with Crippen LogP contribution in [0.25, 0.3) is 0 Å². The molecule has 2 atom stereocenters. The maximum absolute atomic E-state index is 11.8. The van der Waals surface area contributed by atoms with E-state index in [1.54, 1.807) is 24.3 Å². The van der Waals surface area contributed by atoms with Crippen molar-refractivity contribution >= 4 is 12.2 Å². The van der Waals surface area contributed by atoms with Crippen LogP contribution in [-0.2, 0) is 16.0 Å². The van der Waals surface area contributed by atoms with Gasteiger partial charge in [0.15, 0.2) is 0 Å². The minimum atomic E-state index is -0.407. The smallest absolute Gasteiger partial charge is 0.309 e. The lowest BCUT2D eigenvalue weighted by Crippen LogP contribution is -2.28. The van der Waals surface area contributed by atoms with Crippen molar-refractivity contribution in [2.45, 2.75) is 19.8 Å². The second-order valence-electron chi connectivity index (χ2n) is 4.34. The molecule has 5 nitrogen and oxygen atoms in total. The summed E-state index contributed by atoms with van der Waals surface area (Å²) in [5.41, 5.74) is 0.915. The molecule has 0 aliphatic heterocycles. The van der Waals surface area contributed by atoms with Crippen molar-refractivity contribution in [2.24, 2.45) is 17.0 Å². The van der Waals surface area contributed by atoms with Crippen molar-refractivity contribution in [3.05, 3.63) is 29.8 Å². The van der Waals surface area contributed by atoms with Gasteiger partial charge < -0.3 is 15.1 Å². The van der Waals surface area contributed by atoms with Crippen molar-refractivity contribution in [2.75, 3.05) is 7.11 Å². The lowest BCUT2D eigenvalue weighted by Gasteiger charge is -2.20. The van der Waals surface area contributed by atoms with Crippen LogP contribution in [0.4, 0.5) is 0 Å². The van der Waals surface area contributed by atoms with E-state index in [0.29, 0.717) is 12.8 Å². The molecule has 0 spiro atoms. The Morgan fingerprint density at radius 1 is 1.42 bits per heavy atom. The molecule has 2 N–H and O–H groups in total. The van der Waals surface area contributed by atoms with Crippen LogP contribution >= 0.6 is 0 Å². The van der Waals surface area contributed by atoms with Crippen LogP contribution in [0.15, 0.2) is 29.4 Å². The molecule has 5 heteroatoms. The highest BCUT2D eigenvalue weighted by Gasteiger charge is 2.27. The van der Waals surface area contributed by atoms with Crippen molar-refractivity contribution in [1.82, 2.24) is 0 Å². The van der Waals surface area contributed by atoms with E-state index in [1.165, 1.54) is 13.3 Å². The zero-order valence-corrected chi connectivity index (χ0v) is 11.1. The molecule has 1 aromatic carbocycles. The monoisotopic (exact) mass is 265 g/mol. The average molecular weight is 265 g/mol. The number of carbonyl (C=O) groups excluding carboxylic acids is 1. The Morgan fingerprint density at radius 3 is 2.53 bits per heavy atom. The van der Waals surface area contributed by atoms with Crippen molar-refractivity contribution in [3.8, 4) is 5.75 Å². The van der Waals surface area contributed by atoms with E-state index >= 15 is 0 Å². The largest absolute Gasteiger partial charge is 0.508 e. The number of oxime groups is 1. The topological polar surface area (TPSA) is 79.1 Å². The summed E-state index contributed by atoms with van der Waals surface area (Å²) in [5, 5.41) is 20.9. The van der Waals surface area contributed by atoms with Gasteiger partial charge in [0.2, 0.25) is 0 Å². The molecule has 0 saturated carbocycles. The van der Waals surface area contributed by atoms with E-state index in [0.717, 1.165) is 5.56 Å². The SMILES string of the molecule is CCC(C=NO)C(Cc1ccc(O)cc1)C(=O)OC. The minimum absolute atomic E-state index is 0.183. The predicted octanol–water partition coefficient (Wildman–Crippen LogP) is 2.21. The van der Waals surface area contributed by atoms with Gasteiger partial charge in [-0.15, -0.1) is 5.16 Å². The first kappa shape index (κ1) is 15.0. The Hall–Kier alpha value is -2.04. The van der Waals surface area contributed by atoms with Gasteiger partial charge in [-0.25, -0.2) is 0 Å². The highest BCUT2D eigenvalue weighted by Crippen LogP contribution is 2.22. The number of rotatable bonds is 6. The molecule has 0 aliphatic rings. The molecule has 104 valence electrons. The second kappa shape index (κ2) is 7.41. The lowest BCUT2D eigenvalue weighted by molar-refractivity contribution is -0.146. The van der Waals surface area contributed by atoms with Crippen LogP contribution in [-0.4, -0.2) is 29.6 Å². The number of phenolic OH excluding ortho intramolecular Hbond substituents is 1. The summed E-state index contributed by atoms with van der Waals surface area (Å²) in [7, 11) is 1.34. The summed E-state index contributed by atoms with van der Waals surface area (Å²) < 4.78 is 4.81. The fraction of sp³-hybridized carbons (Fsp3) is 0.429. The Bertz CT molecular complexity index is 428. The third-order valence-corrected chi connectivity index (χ3v) is 3.14. The van der Waals surface area contributed by atoms with Gasteiger partial charge in [-0.2, -0.15) is 0 Å². The molecule has 1 aromatic rings. The highest BCUT2D eigenvalue weighted by molar-refractivity contribution is 5.78. The zero-order chi connectivity index (χ0) is 14.3. The van der Waals surface area contributed by atoms with Crippen LogP contribution < -0.4 is 0 Å². The maximum atomic E-state index is 11.8. The van der Waals surface area contributed by atoms with Gasteiger partial charge in [-0.1, -0.05) is 19.1 Å². The van der Waals surface area contributed by atoms with Gasteiger partial charge in [0, 0.05) is 12.1 Å². The van der Waals surface area contributed by atoms with Crippen LogP contribution in [0.3, 0.4) is 0 Å². The molecule has 0 radical (unpaired) electrons. The molecular weight excluding hydrogens is 246 g/mol. The van der Waals surface area contributed by atoms with Gasteiger partial charge in [-0.3, -0.25) is 4.79 Å². The molecule has 0 fully saturated rings. The summed E-state index contributed by atoms with van der Waals surface area (Å²) >= 11 is 0. The zero-order valence-electron chi connectivity index (χ0n) is 11.1. The molecule has 19 heavy (non-hydrogen) atoms. The number of phenols is 1. The number of esters is 1. The van der Waals surface area contributed by atoms with E-state index in [-0.39, 0.29) is 17.6 Å². The maximum Gasteiger partial charge on any atom is 0.309 e. The fourth-order valence-electron chi connectivity index (χ4n) is 2.03. The Balaban J connectivity index is 2.90. The minimum Gasteiger partial charge on any atom is -0.508 e. The standard InChI is InChI=1S/C14H19NO4/c1-3-11(9-15-18)13(14(17)19-2)8-10-4-6-12(16)7-5-10/h4-7,9,11,13,16,18H,3,8H2,1-2H3. The van der Waals surface area contributed by atoms with Crippen molar-refractivity contribution < 1.29 is 19.8 Å². The van der Waals surface area contributed by atoms with Gasteiger partial charge >= 0.3 is 5.97 Å².